The van der Waals surface area contributed by atoms with Crippen molar-refractivity contribution >= 4 is 23.4 Å². The molecule has 3 aromatic rings. The van der Waals surface area contributed by atoms with E-state index in [0.717, 1.165) is 28.9 Å². The van der Waals surface area contributed by atoms with Gasteiger partial charge in [-0.1, -0.05) is 29.8 Å². The Kier molecular flexibility index (Phi) is 4.26. The first-order valence-corrected chi connectivity index (χ1v) is 11.1. The highest BCUT2D eigenvalue weighted by molar-refractivity contribution is 6.30. The minimum Gasteiger partial charge on any atom is -0.449 e. The average molecular weight is 446 g/mol. The number of halogens is 1. The molecule has 160 valence electrons. The lowest BCUT2D eigenvalue weighted by molar-refractivity contribution is 0.00158. The van der Waals surface area contributed by atoms with Crippen LogP contribution >= 0.6 is 11.6 Å². The largest absolute Gasteiger partial charge is 0.449 e. The van der Waals surface area contributed by atoms with Crippen LogP contribution in [0.1, 0.15) is 51.2 Å². The molecule has 32 heavy (non-hydrogen) atoms. The van der Waals surface area contributed by atoms with Crippen molar-refractivity contribution in [2.75, 3.05) is 13.1 Å². The van der Waals surface area contributed by atoms with E-state index in [1.165, 1.54) is 0 Å². The van der Waals surface area contributed by atoms with Crippen LogP contribution < -0.4 is 5.32 Å². The molecule has 1 aromatic carbocycles. The Morgan fingerprint density at radius 1 is 1.03 bits per heavy atom. The number of benzene rings is 1. The number of ether oxygens (including phenoxy) is 1. The maximum atomic E-state index is 13.7. The molecule has 0 radical (unpaired) electrons. The van der Waals surface area contributed by atoms with E-state index in [4.69, 9.17) is 16.3 Å². The molecule has 2 fully saturated rings. The number of nitrogens with one attached hydrogen (secondary N) is 1. The number of carbonyl (C=O) groups excluding carboxylic acids is 2. The van der Waals surface area contributed by atoms with Crippen molar-refractivity contribution in [3.8, 4) is 11.3 Å². The molecule has 0 bridgehead atoms. The quantitative estimate of drug-likeness (QED) is 0.481. The molecule has 1 atom stereocenters. The van der Waals surface area contributed by atoms with Gasteiger partial charge < -0.3 is 10.1 Å². The van der Waals surface area contributed by atoms with Gasteiger partial charge in [-0.05, 0) is 49.2 Å². The summed E-state index contributed by atoms with van der Waals surface area (Å²) in [4.78, 5) is 35.4. The predicted octanol–water partition coefficient (Wildman–Crippen LogP) is 4.07. The van der Waals surface area contributed by atoms with E-state index in [9.17, 15) is 9.59 Å². The standard InChI is InChI=1S/C25H20ClN3O3/c26-17-4-1-15(2-5-17)19-6-3-16(13-29-19)24(8-9-24)22(30)21-20-18(7-11-28-21)25(32-23(20)31)10-12-27-14-25/h1-7,11,13,27H,8-10,12,14H2. The molecule has 6 rings (SSSR count). The van der Waals surface area contributed by atoms with Crippen LogP contribution in [-0.2, 0) is 15.8 Å². The number of pyridine rings is 2. The van der Waals surface area contributed by atoms with Crippen molar-refractivity contribution in [3.63, 3.8) is 0 Å². The second-order valence-electron chi connectivity index (χ2n) is 8.74. The minimum absolute atomic E-state index is 0.129. The first-order valence-electron chi connectivity index (χ1n) is 10.7. The number of hydrogen-bond donors (Lipinski definition) is 1. The second kappa shape index (κ2) is 6.95. The van der Waals surface area contributed by atoms with E-state index < -0.39 is 17.0 Å². The van der Waals surface area contributed by atoms with Gasteiger partial charge in [-0.2, -0.15) is 0 Å². The summed E-state index contributed by atoms with van der Waals surface area (Å²) in [5.74, 6) is -0.581. The lowest BCUT2D eigenvalue weighted by Gasteiger charge is -2.21. The lowest BCUT2D eigenvalue weighted by atomic mass is 9.85. The van der Waals surface area contributed by atoms with Crippen LogP contribution in [0.15, 0.2) is 54.9 Å². The van der Waals surface area contributed by atoms with Gasteiger partial charge in [-0.3, -0.25) is 14.8 Å². The van der Waals surface area contributed by atoms with E-state index in [-0.39, 0.29) is 11.5 Å². The molecule has 2 aliphatic heterocycles. The fourth-order valence-electron chi connectivity index (χ4n) is 4.96. The first kappa shape index (κ1) is 19.6. The molecule has 1 unspecified atom stereocenters. The zero-order valence-corrected chi connectivity index (χ0v) is 18.0. The summed E-state index contributed by atoms with van der Waals surface area (Å²) in [5, 5.41) is 3.93. The molecule has 7 heteroatoms. The Labute approximate surface area is 190 Å². The molecule has 6 nitrogen and oxygen atoms in total. The monoisotopic (exact) mass is 445 g/mol. The van der Waals surface area contributed by atoms with Crippen LogP contribution in [0.3, 0.4) is 0 Å². The molecule has 1 N–H and O–H groups in total. The zero-order chi connectivity index (χ0) is 21.9. The third-order valence-corrected chi connectivity index (χ3v) is 7.16. The van der Waals surface area contributed by atoms with Gasteiger partial charge in [0.05, 0.1) is 16.7 Å². The molecule has 1 aliphatic carbocycles. The van der Waals surface area contributed by atoms with E-state index in [1.807, 2.05) is 42.5 Å². The van der Waals surface area contributed by atoms with Gasteiger partial charge in [0, 0.05) is 41.5 Å². The number of rotatable bonds is 4. The second-order valence-corrected chi connectivity index (χ2v) is 9.18. The average Bonchev–Trinajstić information content (AvgIpc) is 3.42. The Bertz CT molecular complexity index is 1240. The summed E-state index contributed by atoms with van der Waals surface area (Å²) in [6.07, 6.45) is 5.50. The third kappa shape index (κ3) is 2.83. The Morgan fingerprint density at radius 3 is 2.50 bits per heavy atom. The smallest absolute Gasteiger partial charge is 0.341 e. The Balaban J connectivity index is 1.35. The van der Waals surface area contributed by atoms with Crippen molar-refractivity contribution in [3.05, 3.63) is 82.3 Å². The molecule has 1 spiro atoms. The number of esters is 1. The number of nitrogens with zero attached hydrogens (tertiary/aromatic N) is 2. The maximum Gasteiger partial charge on any atom is 0.341 e. The third-order valence-electron chi connectivity index (χ3n) is 6.91. The van der Waals surface area contributed by atoms with Crippen molar-refractivity contribution in [1.82, 2.24) is 15.3 Å². The summed E-state index contributed by atoms with van der Waals surface area (Å²) in [5.41, 5.74) is 2.58. The van der Waals surface area contributed by atoms with Crippen LogP contribution in [0.4, 0.5) is 0 Å². The van der Waals surface area contributed by atoms with Gasteiger partial charge >= 0.3 is 5.97 Å². The number of fused-ring (bicyclic) bond motifs is 2. The maximum absolute atomic E-state index is 13.7. The fourth-order valence-corrected chi connectivity index (χ4v) is 5.08. The molecule has 3 aliphatic rings. The van der Waals surface area contributed by atoms with Gasteiger partial charge in [0.15, 0.2) is 11.4 Å². The summed E-state index contributed by atoms with van der Waals surface area (Å²) < 4.78 is 5.77. The highest BCUT2D eigenvalue weighted by Crippen LogP contribution is 2.52. The molecular formula is C25H20ClN3O3. The fraction of sp³-hybridized carbons (Fsp3) is 0.280. The number of carbonyl (C=O) groups is 2. The van der Waals surface area contributed by atoms with Crippen molar-refractivity contribution in [1.29, 1.82) is 0 Å². The summed E-state index contributed by atoms with van der Waals surface area (Å²) >= 11 is 5.98. The zero-order valence-electron chi connectivity index (χ0n) is 17.2. The number of aromatic nitrogens is 2. The molecule has 1 saturated carbocycles. The molecule has 2 aromatic heterocycles. The van der Waals surface area contributed by atoms with E-state index >= 15 is 0 Å². The Hall–Kier alpha value is -3.09. The molecule has 4 heterocycles. The predicted molar refractivity (Wildman–Crippen MR) is 119 cm³/mol. The van der Waals surface area contributed by atoms with Crippen molar-refractivity contribution in [2.24, 2.45) is 0 Å². The summed E-state index contributed by atoms with van der Waals surface area (Å²) in [6.45, 7) is 1.33. The molecular weight excluding hydrogens is 426 g/mol. The first-order chi connectivity index (χ1) is 15.5. The Morgan fingerprint density at radius 2 is 1.84 bits per heavy atom. The number of ketones is 1. The topological polar surface area (TPSA) is 81.2 Å². The minimum atomic E-state index is -0.683. The van der Waals surface area contributed by atoms with Gasteiger partial charge in [-0.15, -0.1) is 0 Å². The van der Waals surface area contributed by atoms with Gasteiger partial charge in [-0.25, -0.2) is 4.79 Å². The highest BCUT2D eigenvalue weighted by atomic mass is 35.5. The van der Waals surface area contributed by atoms with Crippen molar-refractivity contribution < 1.29 is 14.3 Å². The van der Waals surface area contributed by atoms with Gasteiger partial charge in [0.25, 0.3) is 0 Å². The highest BCUT2D eigenvalue weighted by Gasteiger charge is 2.55. The van der Waals surface area contributed by atoms with E-state index in [2.05, 4.69) is 15.3 Å². The van der Waals surface area contributed by atoms with Crippen LogP contribution in [0.5, 0.6) is 0 Å². The van der Waals surface area contributed by atoms with Crippen LogP contribution in [0.2, 0.25) is 5.02 Å². The van der Waals surface area contributed by atoms with Crippen LogP contribution in [0.25, 0.3) is 11.3 Å². The lowest BCUT2D eigenvalue weighted by Crippen LogP contribution is -2.29. The summed E-state index contributed by atoms with van der Waals surface area (Å²) in [6, 6.07) is 13.2. The number of Topliss-reactive ketones (excluding diaryl/α,β-unsaturated/α-hetero) is 1. The van der Waals surface area contributed by atoms with Crippen molar-refractivity contribution in [2.45, 2.75) is 30.3 Å². The summed E-state index contributed by atoms with van der Waals surface area (Å²) in [7, 11) is 0. The van der Waals surface area contributed by atoms with Crippen LogP contribution in [-0.4, -0.2) is 34.8 Å². The SMILES string of the molecule is O=C1OC2(CCNC2)c2ccnc(C(=O)C3(c4ccc(-c5ccc(Cl)cc5)nc4)CC3)c21. The molecule has 1 saturated heterocycles. The van der Waals surface area contributed by atoms with Gasteiger partial charge in [0.2, 0.25) is 0 Å². The van der Waals surface area contributed by atoms with E-state index in [0.29, 0.717) is 36.4 Å². The molecule has 0 amide bonds. The van der Waals surface area contributed by atoms with Gasteiger partial charge in [0.1, 0.15) is 5.69 Å². The van der Waals surface area contributed by atoms with Crippen LogP contribution in [0, 0.1) is 0 Å². The van der Waals surface area contributed by atoms with E-state index in [1.54, 1.807) is 12.4 Å². The number of hydrogen-bond acceptors (Lipinski definition) is 6. The normalized spacial score (nSPS) is 22.6.